The summed E-state index contributed by atoms with van der Waals surface area (Å²) in [5, 5.41) is 10.4. The summed E-state index contributed by atoms with van der Waals surface area (Å²) in [7, 11) is 0. The van der Waals surface area contributed by atoms with E-state index in [2.05, 4.69) is 159 Å². The Morgan fingerprint density at radius 3 is 1.58 bits per heavy atom. The van der Waals surface area contributed by atoms with Crippen LogP contribution in [0.15, 0.2) is 146 Å². The predicted molar refractivity (Wildman–Crippen MR) is 185 cm³/mol. The molecule has 0 saturated carbocycles. The number of rotatable bonds is 2. The lowest BCUT2D eigenvalue weighted by Gasteiger charge is -2.25. The lowest BCUT2D eigenvalue weighted by atomic mass is 9.78. The molecule has 0 atom stereocenters. The van der Waals surface area contributed by atoms with E-state index in [1.807, 2.05) is 0 Å². The second-order valence-electron chi connectivity index (χ2n) is 12.5. The third kappa shape index (κ3) is 3.38. The predicted octanol–water partition coefficient (Wildman–Crippen LogP) is 11.9. The molecule has 0 N–H and O–H groups in total. The van der Waals surface area contributed by atoms with Gasteiger partial charge in [-0.05, 0) is 99.7 Å². The first-order valence-electron chi connectivity index (χ1n) is 15.2. The minimum absolute atomic E-state index is 0.134. The van der Waals surface area contributed by atoms with E-state index in [0.29, 0.717) is 0 Å². The first-order chi connectivity index (χ1) is 21.1. The topological polar surface area (TPSA) is 0 Å². The molecule has 0 unspecified atom stereocenters. The molecule has 202 valence electrons. The molecule has 43 heavy (non-hydrogen) atoms. The molecular formula is C43H30. The van der Waals surface area contributed by atoms with Gasteiger partial charge in [-0.15, -0.1) is 0 Å². The molecule has 8 aromatic rings. The highest BCUT2D eigenvalue weighted by Crippen LogP contribution is 2.55. The van der Waals surface area contributed by atoms with Gasteiger partial charge < -0.3 is 0 Å². The molecule has 0 heterocycles. The molecule has 1 aliphatic rings. The van der Waals surface area contributed by atoms with Crippen molar-refractivity contribution in [3.8, 4) is 33.4 Å². The van der Waals surface area contributed by atoms with Crippen LogP contribution in [0.25, 0.3) is 76.5 Å². The summed E-state index contributed by atoms with van der Waals surface area (Å²) in [6.45, 7) is 4.82. The summed E-state index contributed by atoms with van der Waals surface area (Å²) in [5.74, 6) is 0. The molecule has 8 aromatic carbocycles. The second kappa shape index (κ2) is 8.90. The van der Waals surface area contributed by atoms with Gasteiger partial charge in [0.2, 0.25) is 0 Å². The molecule has 0 nitrogen and oxygen atoms in total. The van der Waals surface area contributed by atoms with E-state index in [0.717, 1.165) is 0 Å². The van der Waals surface area contributed by atoms with Crippen molar-refractivity contribution >= 4 is 43.1 Å². The van der Waals surface area contributed by atoms with E-state index < -0.39 is 0 Å². The van der Waals surface area contributed by atoms with Crippen LogP contribution in [0.2, 0.25) is 0 Å². The molecule has 0 saturated heterocycles. The van der Waals surface area contributed by atoms with E-state index in [1.165, 1.54) is 87.6 Å². The number of hydrogen-bond donors (Lipinski definition) is 0. The number of benzene rings is 8. The zero-order valence-corrected chi connectivity index (χ0v) is 24.4. The van der Waals surface area contributed by atoms with Crippen molar-refractivity contribution < 1.29 is 0 Å². The van der Waals surface area contributed by atoms with Crippen molar-refractivity contribution in [2.45, 2.75) is 19.3 Å². The molecule has 0 heteroatoms. The Morgan fingerprint density at radius 1 is 0.349 bits per heavy atom. The second-order valence-corrected chi connectivity index (χ2v) is 12.5. The Morgan fingerprint density at radius 2 is 0.884 bits per heavy atom. The molecule has 0 radical (unpaired) electrons. The standard InChI is InChI=1S/C43H30/c1-43(2)39-26-38(34-20-10-12-22-36(34)41(39)37-24-23-27-13-3-8-18-32(27)42(37)43)33-19-9-11-21-35(33)40-30-16-6-4-14-28(30)25-29-15-5-7-17-31(29)40/h3-26H,1-2H3. The zero-order chi connectivity index (χ0) is 28.7. The van der Waals surface area contributed by atoms with Crippen LogP contribution in [0.4, 0.5) is 0 Å². The van der Waals surface area contributed by atoms with Gasteiger partial charge in [0, 0.05) is 5.41 Å². The lowest BCUT2D eigenvalue weighted by molar-refractivity contribution is 0.667. The maximum absolute atomic E-state index is 2.51. The Balaban J connectivity index is 1.39. The van der Waals surface area contributed by atoms with E-state index in [-0.39, 0.29) is 5.41 Å². The summed E-state index contributed by atoms with van der Waals surface area (Å²) in [5.41, 5.74) is 10.6. The molecule has 0 bridgehead atoms. The van der Waals surface area contributed by atoms with Crippen molar-refractivity contribution in [3.05, 3.63) is 157 Å². The molecule has 0 amide bonds. The average Bonchev–Trinajstić information content (AvgIpc) is 3.29. The van der Waals surface area contributed by atoms with Crippen LogP contribution in [0.5, 0.6) is 0 Å². The molecular weight excluding hydrogens is 516 g/mol. The van der Waals surface area contributed by atoms with Crippen molar-refractivity contribution in [3.63, 3.8) is 0 Å². The van der Waals surface area contributed by atoms with E-state index >= 15 is 0 Å². The Bertz CT molecular complexity index is 2370. The van der Waals surface area contributed by atoms with Crippen LogP contribution in [-0.2, 0) is 5.41 Å². The van der Waals surface area contributed by atoms with Crippen LogP contribution >= 0.6 is 0 Å². The van der Waals surface area contributed by atoms with Gasteiger partial charge in [-0.1, -0.05) is 147 Å². The van der Waals surface area contributed by atoms with Gasteiger partial charge in [0.25, 0.3) is 0 Å². The van der Waals surface area contributed by atoms with Gasteiger partial charge in [-0.2, -0.15) is 0 Å². The van der Waals surface area contributed by atoms with Crippen molar-refractivity contribution in [2.75, 3.05) is 0 Å². The van der Waals surface area contributed by atoms with Crippen LogP contribution < -0.4 is 0 Å². The summed E-state index contributed by atoms with van der Waals surface area (Å²) in [4.78, 5) is 0. The van der Waals surface area contributed by atoms with E-state index in [4.69, 9.17) is 0 Å². The molecule has 0 aromatic heterocycles. The monoisotopic (exact) mass is 546 g/mol. The summed E-state index contributed by atoms with van der Waals surface area (Å²) >= 11 is 0. The minimum Gasteiger partial charge on any atom is -0.0616 e. The van der Waals surface area contributed by atoms with Crippen LogP contribution in [-0.4, -0.2) is 0 Å². The normalized spacial score (nSPS) is 13.5. The Labute approximate surface area is 251 Å². The average molecular weight is 547 g/mol. The minimum atomic E-state index is -0.134. The lowest BCUT2D eigenvalue weighted by Crippen LogP contribution is -2.15. The third-order valence-electron chi connectivity index (χ3n) is 9.80. The Kier molecular flexibility index (Phi) is 5.05. The van der Waals surface area contributed by atoms with Crippen molar-refractivity contribution in [2.24, 2.45) is 0 Å². The van der Waals surface area contributed by atoms with Crippen LogP contribution in [0.3, 0.4) is 0 Å². The molecule has 1 aliphatic carbocycles. The van der Waals surface area contributed by atoms with Gasteiger partial charge in [0.1, 0.15) is 0 Å². The summed E-state index contributed by atoms with van der Waals surface area (Å²) in [6, 6.07) is 54.1. The fourth-order valence-corrected chi connectivity index (χ4v) is 7.91. The third-order valence-corrected chi connectivity index (χ3v) is 9.80. The smallest absolute Gasteiger partial charge is 0.0165 e. The first-order valence-corrected chi connectivity index (χ1v) is 15.2. The highest BCUT2D eigenvalue weighted by Gasteiger charge is 2.38. The summed E-state index contributed by atoms with van der Waals surface area (Å²) < 4.78 is 0. The fraction of sp³-hybridized carbons (Fsp3) is 0.0698. The largest absolute Gasteiger partial charge is 0.0616 e. The van der Waals surface area contributed by atoms with Gasteiger partial charge in [0.05, 0.1) is 0 Å². The molecule has 0 spiro atoms. The van der Waals surface area contributed by atoms with Crippen LogP contribution in [0, 0.1) is 0 Å². The van der Waals surface area contributed by atoms with Crippen molar-refractivity contribution in [1.29, 1.82) is 0 Å². The molecule has 0 aliphatic heterocycles. The van der Waals surface area contributed by atoms with Crippen LogP contribution in [0.1, 0.15) is 25.0 Å². The van der Waals surface area contributed by atoms with Gasteiger partial charge in [-0.25, -0.2) is 0 Å². The maximum Gasteiger partial charge on any atom is 0.0165 e. The quantitative estimate of drug-likeness (QED) is 0.189. The SMILES string of the molecule is CC1(C)c2cc(-c3ccccc3-c3c4ccccc4cc4ccccc34)c3ccccc3c2-c2ccc3ccccc3c21. The molecule has 0 fully saturated rings. The maximum atomic E-state index is 2.51. The Hall–Kier alpha value is -5.20. The van der Waals surface area contributed by atoms with Gasteiger partial charge in [0.15, 0.2) is 0 Å². The zero-order valence-electron chi connectivity index (χ0n) is 24.4. The van der Waals surface area contributed by atoms with Gasteiger partial charge in [-0.3, -0.25) is 0 Å². The van der Waals surface area contributed by atoms with Crippen molar-refractivity contribution in [1.82, 2.24) is 0 Å². The number of hydrogen-bond acceptors (Lipinski definition) is 0. The highest BCUT2D eigenvalue weighted by molar-refractivity contribution is 6.17. The first kappa shape index (κ1) is 24.4. The fourth-order valence-electron chi connectivity index (χ4n) is 7.91. The van der Waals surface area contributed by atoms with Gasteiger partial charge >= 0.3 is 0 Å². The summed E-state index contributed by atoms with van der Waals surface area (Å²) in [6.07, 6.45) is 0. The number of fused-ring (bicyclic) bond motifs is 9. The van der Waals surface area contributed by atoms with E-state index in [9.17, 15) is 0 Å². The van der Waals surface area contributed by atoms with E-state index in [1.54, 1.807) is 0 Å². The molecule has 9 rings (SSSR count). The highest BCUT2D eigenvalue weighted by atomic mass is 14.4.